The lowest BCUT2D eigenvalue weighted by Gasteiger charge is -2.31. The van der Waals surface area contributed by atoms with Crippen LogP contribution in [0.25, 0.3) is 0 Å². The van der Waals surface area contributed by atoms with Gasteiger partial charge in [0.25, 0.3) is 0 Å². The summed E-state index contributed by atoms with van der Waals surface area (Å²) in [6, 6.07) is 4.70. The van der Waals surface area contributed by atoms with Crippen LogP contribution in [0, 0.1) is 5.41 Å². The summed E-state index contributed by atoms with van der Waals surface area (Å²) in [4.78, 5) is 22.1. The van der Waals surface area contributed by atoms with Crippen LogP contribution < -0.4 is 11.1 Å². The standard InChI is InChI=1S/C14H19BrN2O3/c1-14(2,3)11(7-12(18)19)17-10-5-4-8(13(16)20)6-9(10)15/h4-6,11,17H,7H2,1-3H3,(H2,16,20)(H,18,19). The fourth-order valence-corrected chi connectivity index (χ4v) is 2.21. The monoisotopic (exact) mass is 342 g/mol. The topological polar surface area (TPSA) is 92.4 Å². The number of nitrogens with one attached hydrogen (secondary N) is 1. The second-order valence-corrected chi connectivity index (χ2v) is 6.57. The Morgan fingerprint density at radius 1 is 1.40 bits per heavy atom. The van der Waals surface area contributed by atoms with E-state index in [1.165, 1.54) is 0 Å². The lowest BCUT2D eigenvalue weighted by atomic mass is 9.84. The van der Waals surface area contributed by atoms with Gasteiger partial charge in [-0.05, 0) is 39.5 Å². The Morgan fingerprint density at radius 3 is 2.40 bits per heavy atom. The SMILES string of the molecule is CC(C)(C)C(CC(=O)O)Nc1ccc(C(N)=O)cc1Br. The highest BCUT2D eigenvalue weighted by molar-refractivity contribution is 9.10. The summed E-state index contributed by atoms with van der Waals surface area (Å²) in [5.74, 6) is -1.36. The third-order valence-electron chi connectivity index (χ3n) is 3.01. The molecule has 0 fully saturated rings. The molecule has 1 unspecified atom stereocenters. The Hall–Kier alpha value is -1.56. The van der Waals surface area contributed by atoms with E-state index in [1.54, 1.807) is 18.2 Å². The van der Waals surface area contributed by atoms with Crippen LogP contribution in [0.2, 0.25) is 0 Å². The number of amides is 1. The van der Waals surface area contributed by atoms with Crippen LogP contribution in [0.3, 0.4) is 0 Å². The summed E-state index contributed by atoms with van der Waals surface area (Å²) in [7, 11) is 0. The van der Waals surface area contributed by atoms with Crippen molar-refractivity contribution in [3.63, 3.8) is 0 Å². The molecule has 1 aromatic rings. The number of carboxylic acid groups (broad SMARTS) is 1. The maximum atomic E-state index is 11.1. The molecule has 0 aliphatic carbocycles. The number of carbonyl (C=O) groups excluding carboxylic acids is 1. The molecule has 1 atom stereocenters. The molecule has 0 aliphatic rings. The molecule has 0 aromatic heterocycles. The first kappa shape index (κ1) is 16.5. The number of rotatable bonds is 5. The van der Waals surface area contributed by atoms with E-state index in [0.717, 1.165) is 5.69 Å². The Balaban J connectivity index is 3.00. The number of carbonyl (C=O) groups is 2. The van der Waals surface area contributed by atoms with E-state index in [4.69, 9.17) is 10.8 Å². The maximum Gasteiger partial charge on any atom is 0.305 e. The molecule has 1 amide bonds. The normalized spacial score (nSPS) is 12.8. The van der Waals surface area contributed by atoms with Crippen molar-refractivity contribution in [2.45, 2.75) is 33.2 Å². The van der Waals surface area contributed by atoms with Crippen molar-refractivity contribution in [3.8, 4) is 0 Å². The number of aliphatic carboxylic acids is 1. The highest BCUT2D eigenvalue weighted by atomic mass is 79.9. The van der Waals surface area contributed by atoms with Crippen molar-refractivity contribution >= 4 is 33.5 Å². The molecule has 0 radical (unpaired) electrons. The van der Waals surface area contributed by atoms with Gasteiger partial charge in [0.05, 0.1) is 6.42 Å². The smallest absolute Gasteiger partial charge is 0.305 e. The van der Waals surface area contributed by atoms with E-state index in [9.17, 15) is 9.59 Å². The van der Waals surface area contributed by atoms with Crippen LogP contribution in [0.4, 0.5) is 5.69 Å². The Labute approximate surface area is 126 Å². The molecule has 0 saturated heterocycles. The average Bonchev–Trinajstić information content (AvgIpc) is 2.28. The first-order valence-corrected chi connectivity index (χ1v) is 6.98. The molecule has 110 valence electrons. The van der Waals surface area contributed by atoms with Gasteiger partial charge in [0, 0.05) is 21.8 Å². The zero-order chi connectivity index (χ0) is 15.5. The van der Waals surface area contributed by atoms with Crippen molar-refractivity contribution in [2.24, 2.45) is 11.1 Å². The van der Waals surface area contributed by atoms with E-state index >= 15 is 0 Å². The van der Waals surface area contributed by atoms with Gasteiger partial charge in [0.2, 0.25) is 5.91 Å². The largest absolute Gasteiger partial charge is 0.481 e. The third kappa shape index (κ3) is 4.52. The third-order valence-corrected chi connectivity index (χ3v) is 3.66. The van der Waals surface area contributed by atoms with Crippen molar-refractivity contribution in [1.82, 2.24) is 0 Å². The molecule has 0 bridgehead atoms. The molecule has 20 heavy (non-hydrogen) atoms. The summed E-state index contributed by atoms with van der Waals surface area (Å²) >= 11 is 3.36. The van der Waals surface area contributed by atoms with E-state index in [1.807, 2.05) is 20.8 Å². The van der Waals surface area contributed by atoms with Gasteiger partial charge in [-0.3, -0.25) is 9.59 Å². The molecular weight excluding hydrogens is 324 g/mol. The minimum absolute atomic E-state index is 0.00745. The Morgan fingerprint density at radius 2 is 2.00 bits per heavy atom. The highest BCUT2D eigenvalue weighted by Crippen LogP contribution is 2.30. The van der Waals surface area contributed by atoms with Crippen LogP contribution in [-0.2, 0) is 4.79 Å². The van der Waals surface area contributed by atoms with Crippen molar-refractivity contribution in [1.29, 1.82) is 0 Å². The fourth-order valence-electron chi connectivity index (χ4n) is 1.72. The number of halogens is 1. The van der Waals surface area contributed by atoms with Gasteiger partial charge < -0.3 is 16.2 Å². The predicted octanol–water partition coefficient (Wildman–Crippen LogP) is 2.85. The van der Waals surface area contributed by atoms with Crippen LogP contribution in [0.5, 0.6) is 0 Å². The minimum atomic E-state index is -0.859. The number of anilines is 1. The zero-order valence-corrected chi connectivity index (χ0v) is 13.3. The van der Waals surface area contributed by atoms with Gasteiger partial charge in [-0.15, -0.1) is 0 Å². The Bertz CT molecular complexity index is 524. The summed E-state index contributed by atoms with van der Waals surface area (Å²) in [5, 5.41) is 12.2. The van der Waals surface area contributed by atoms with Crippen molar-refractivity contribution in [3.05, 3.63) is 28.2 Å². The van der Waals surface area contributed by atoms with Crippen LogP contribution in [0.1, 0.15) is 37.6 Å². The zero-order valence-electron chi connectivity index (χ0n) is 11.7. The Kier molecular flexibility index (Phi) is 5.16. The number of hydrogen-bond acceptors (Lipinski definition) is 3. The second-order valence-electron chi connectivity index (χ2n) is 5.72. The minimum Gasteiger partial charge on any atom is -0.481 e. The maximum absolute atomic E-state index is 11.1. The van der Waals surface area contributed by atoms with E-state index in [2.05, 4.69) is 21.2 Å². The number of benzene rings is 1. The number of hydrogen-bond donors (Lipinski definition) is 3. The predicted molar refractivity (Wildman–Crippen MR) is 81.8 cm³/mol. The van der Waals surface area contributed by atoms with Gasteiger partial charge in [-0.1, -0.05) is 20.8 Å². The summed E-state index contributed by atoms with van der Waals surface area (Å²) in [5.41, 5.74) is 6.12. The van der Waals surface area contributed by atoms with Crippen molar-refractivity contribution in [2.75, 3.05) is 5.32 Å². The van der Waals surface area contributed by atoms with Gasteiger partial charge in [-0.2, -0.15) is 0 Å². The average molecular weight is 343 g/mol. The first-order chi connectivity index (χ1) is 9.11. The molecule has 1 aromatic carbocycles. The van der Waals surface area contributed by atoms with Crippen LogP contribution >= 0.6 is 15.9 Å². The van der Waals surface area contributed by atoms with Gasteiger partial charge in [-0.25, -0.2) is 0 Å². The number of carboxylic acids is 1. The molecule has 4 N–H and O–H groups in total. The van der Waals surface area contributed by atoms with Gasteiger partial charge >= 0.3 is 5.97 Å². The lowest BCUT2D eigenvalue weighted by molar-refractivity contribution is -0.137. The number of primary amides is 1. The van der Waals surface area contributed by atoms with Crippen molar-refractivity contribution < 1.29 is 14.7 Å². The number of nitrogens with two attached hydrogens (primary N) is 1. The van der Waals surface area contributed by atoms with Gasteiger partial charge in [0.1, 0.15) is 0 Å². The molecule has 0 aliphatic heterocycles. The lowest BCUT2D eigenvalue weighted by Crippen LogP contribution is -2.36. The van der Waals surface area contributed by atoms with E-state index < -0.39 is 11.9 Å². The van der Waals surface area contributed by atoms with E-state index in [-0.39, 0.29) is 17.9 Å². The molecule has 6 heteroatoms. The summed E-state index contributed by atoms with van der Waals surface area (Å²) in [6.07, 6.45) is 0.00745. The molecule has 5 nitrogen and oxygen atoms in total. The van der Waals surface area contributed by atoms with Crippen LogP contribution in [0.15, 0.2) is 22.7 Å². The molecular formula is C14H19BrN2O3. The van der Waals surface area contributed by atoms with Crippen LogP contribution in [-0.4, -0.2) is 23.0 Å². The first-order valence-electron chi connectivity index (χ1n) is 6.19. The summed E-state index contributed by atoms with van der Waals surface area (Å²) < 4.78 is 0.674. The summed E-state index contributed by atoms with van der Waals surface area (Å²) in [6.45, 7) is 5.91. The van der Waals surface area contributed by atoms with E-state index in [0.29, 0.717) is 10.0 Å². The molecule has 0 heterocycles. The quantitative estimate of drug-likeness (QED) is 0.766. The molecule has 1 rings (SSSR count). The highest BCUT2D eigenvalue weighted by Gasteiger charge is 2.27. The molecule has 0 saturated carbocycles. The van der Waals surface area contributed by atoms with Gasteiger partial charge in [0.15, 0.2) is 0 Å². The fraction of sp³-hybridized carbons (Fsp3) is 0.429. The molecule has 0 spiro atoms. The second kappa shape index (κ2) is 6.26.